The van der Waals surface area contributed by atoms with Gasteiger partial charge in [-0.15, -0.1) is 0 Å². The lowest BCUT2D eigenvalue weighted by Crippen LogP contribution is -2.47. The third kappa shape index (κ3) is 3.71. The van der Waals surface area contributed by atoms with Crippen LogP contribution in [0.3, 0.4) is 0 Å². The van der Waals surface area contributed by atoms with E-state index in [1.807, 2.05) is 11.9 Å². The molecule has 1 aliphatic heterocycles. The molecular weight excluding hydrogens is 307 g/mol. The molecule has 1 aliphatic rings. The minimum absolute atomic E-state index is 0.0537. The summed E-state index contributed by atoms with van der Waals surface area (Å²) < 4.78 is 13.4. The zero-order valence-electron chi connectivity index (χ0n) is 13.6. The van der Waals surface area contributed by atoms with E-state index in [4.69, 9.17) is 0 Å². The fourth-order valence-corrected chi connectivity index (χ4v) is 2.95. The summed E-state index contributed by atoms with van der Waals surface area (Å²) in [6, 6.07) is 9.92. The molecule has 5 nitrogen and oxygen atoms in total. The maximum Gasteiger partial charge on any atom is 0.257 e. The van der Waals surface area contributed by atoms with Crippen LogP contribution in [0, 0.1) is 5.82 Å². The number of anilines is 2. The number of carbonyl (C=O) groups is 1. The summed E-state index contributed by atoms with van der Waals surface area (Å²) >= 11 is 0. The van der Waals surface area contributed by atoms with Gasteiger partial charge in [0, 0.05) is 31.0 Å². The van der Waals surface area contributed by atoms with E-state index in [1.54, 1.807) is 30.5 Å². The van der Waals surface area contributed by atoms with Crippen molar-refractivity contribution in [2.45, 2.75) is 18.9 Å². The molecule has 1 fully saturated rings. The van der Waals surface area contributed by atoms with Crippen LogP contribution in [0.2, 0.25) is 0 Å². The average molecular weight is 328 g/mol. The molecule has 0 spiro atoms. The molecule has 0 aliphatic carbocycles. The molecule has 1 aromatic heterocycles. The molecule has 126 valence electrons. The van der Waals surface area contributed by atoms with E-state index in [2.05, 4.69) is 15.6 Å². The lowest BCUT2D eigenvalue weighted by Gasteiger charge is -2.32. The number of aromatic nitrogens is 1. The number of nitrogens with zero attached hydrogens (tertiary/aromatic N) is 2. The number of likely N-dealkylation sites (tertiary alicyclic amines) is 1. The number of rotatable bonds is 4. The van der Waals surface area contributed by atoms with Crippen molar-refractivity contribution in [1.82, 2.24) is 15.2 Å². The van der Waals surface area contributed by atoms with Crippen molar-refractivity contribution in [2.75, 3.05) is 25.5 Å². The highest BCUT2D eigenvalue weighted by Crippen LogP contribution is 2.22. The summed E-state index contributed by atoms with van der Waals surface area (Å²) in [5.41, 5.74) is 1.06. The summed E-state index contributed by atoms with van der Waals surface area (Å²) in [6.45, 7) is 1.43. The largest absolute Gasteiger partial charge is 0.339 e. The van der Waals surface area contributed by atoms with Crippen LogP contribution >= 0.6 is 0 Å². The summed E-state index contributed by atoms with van der Waals surface area (Å²) in [5, 5.41) is 6.28. The van der Waals surface area contributed by atoms with E-state index in [0.717, 1.165) is 19.4 Å². The van der Waals surface area contributed by atoms with E-state index >= 15 is 0 Å². The van der Waals surface area contributed by atoms with Crippen LogP contribution < -0.4 is 10.6 Å². The Hall–Kier alpha value is -2.47. The van der Waals surface area contributed by atoms with Crippen molar-refractivity contribution in [3.05, 3.63) is 54.0 Å². The van der Waals surface area contributed by atoms with Crippen molar-refractivity contribution >= 4 is 17.4 Å². The van der Waals surface area contributed by atoms with Gasteiger partial charge in [-0.25, -0.2) is 9.37 Å². The molecule has 0 bridgehead atoms. The normalized spacial score (nSPS) is 17.6. The smallest absolute Gasteiger partial charge is 0.257 e. The molecule has 6 heteroatoms. The van der Waals surface area contributed by atoms with Crippen LogP contribution in [-0.4, -0.2) is 42.0 Å². The molecule has 1 unspecified atom stereocenters. The van der Waals surface area contributed by atoms with Crippen LogP contribution in [0.25, 0.3) is 0 Å². The second kappa shape index (κ2) is 7.40. The van der Waals surface area contributed by atoms with Gasteiger partial charge in [0.05, 0.1) is 5.56 Å². The van der Waals surface area contributed by atoms with Gasteiger partial charge in [0.25, 0.3) is 5.91 Å². The van der Waals surface area contributed by atoms with E-state index in [9.17, 15) is 9.18 Å². The van der Waals surface area contributed by atoms with Gasteiger partial charge >= 0.3 is 0 Å². The van der Waals surface area contributed by atoms with E-state index in [-0.39, 0.29) is 11.7 Å². The summed E-state index contributed by atoms with van der Waals surface area (Å²) in [5.74, 6) is 0.0540. The first-order valence-electron chi connectivity index (χ1n) is 8.11. The zero-order chi connectivity index (χ0) is 16.9. The minimum Gasteiger partial charge on any atom is -0.339 e. The number of benzene rings is 1. The lowest BCUT2D eigenvalue weighted by molar-refractivity contribution is 0.0699. The van der Waals surface area contributed by atoms with Gasteiger partial charge in [-0.3, -0.25) is 4.79 Å². The standard InChI is InChI=1S/C18H21FN4O/c1-20-15-7-4-10-23(12-15)18(24)16-8-3-9-21-17(16)22-14-6-2-5-13(19)11-14/h2-3,5-6,8-9,11,15,20H,4,7,10,12H2,1H3,(H,21,22). The maximum atomic E-state index is 13.4. The Morgan fingerprint density at radius 2 is 2.21 bits per heavy atom. The summed E-state index contributed by atoms with van der Waals surface area (Å²) in [6.07, 6.45) is 3.66. The molecule has 1 atom stereocenters. The zero-order valence-corrected chi connectivity index (χ0v) is 13.6. The molecule has 0 radical (unpaired) electrons. The first-order chi connectivity index (χ1) is 11.7. The number of hydrogen-bond acceptors (Lipinski definition) is 4. The Kier molecular flexibility index (Phi) is 5.05. The highest BCUT2D eigenvalue weighted by Gasteiger charge is 2.25. The van der Waals surface area contributed by atoms with Crippen molar-refractivity contribution in [1.29, 1.82) is 0 Å². The molecule has 2 N–H and O–H groups in total. The Bertz CT molecular complexity index is 722. The van der Waals surface area contributed by atoms with Gasteiger partial charge in [0.2, 0.25) is 0 Å². The van der Waals surface area contributed by atoms with Crippen molar-refractivity contribution in [2.24, 2.45) is 0 Å². The third-order valence-electron chi connectivity index (χ3n) is 4.24. The predicted molar refractivity (Wildman–Crippen MR) is 91.9 cm³/mol. The van der Waals surface area contributed by atoms with Crippen molar-refractivity contribution < 1.29 is 9.18 Å². The number of amides is 1. The van der Waals surface area contributed by atoms with Gasteiger partial charge in [-0.1, -0.05) is 6.07 Å². The average Bonchev–Trinajstić information content (AvgIpc) is 2.62. The summed E-state index contributed by atoms with van der Waals surface area (Å²) in [4.78, 5) is 19.0. The third-order valence-corrected chi connectivity index (χ3v) is 4.24. The van der Waals surface area contributed by atoms with Crippen molar-refractivity contribution in [3.8, 4) is 0 Å². The fourth-order valence-electron chi connectivity index (χ4n) is 2.95. The highest BCUT2D eigenvalue weighted by molar-refractivity contribution is 5.99. The van der Waals surface area contributed by atoms with Crippen molar-refractivity contribution in [3.63, 3.8) is 0 Å². The van der Waals surface area contributed by atoms with Gasteiger partial charge in [-0.05, 0) is 50.2 Å². The lowest BCUT2D eigenvalue weighted by atomic mass is 10.0. The van der Waals surface area contributed by atoms with E-state index in [0.29, 0.717) is 29.7 Å². The Labute approximate surface area is 140 Å². The second-order valence-electron chi connectivity index (χ2n) is 5.91. The number of piperidine rings is 1. The first kappa shape index (κ1) is 16.4. The van der Waals surface area contributed by atoms with E-state index in [1.165, 1.54) is 12.1 Å². The Morgan fingerprint density at radius 3 is 3.00 bits per heavy atom. The number of likely N-dealkylation sites (N-methyl/N-ethyl adjacent to an activating group) is 1. The van der Waals surface area contributed by atoms with Crippen LogP contribution in [0.4, 0.5) is 15.9 Å². The molecule has 3 rings (SSSR count). The van der Waals surface area contributed by atoms with Gasteiger partial charge in [0.15, 0.2) is 0 Å². The number of carbonyl (C=O) groups excluding carboxylic acids is 1. The van der Waals surface area contributed by atoms with Crippen LogP contribution in [-0.2, 0) is 0 Å². The molecular formula is C18H21FN4O. The minimum atomic E-state index is -0.336. The number of hydrogen-bond donors (Lipinski definition) is 2. The van der Waals surface area contributed by atoms with Gasteiger partial charge < -0.3 is 15.5 Å². The second-order valence-corrected chi connectivity index (χ2v) is 5.91. The Morgan fingerprint density at radius 1 is 1.33 bits per heavy atom. The SMILES string of the molecule is CNC1CCCN(C(=O)c2cccnc2Nc2cccc(F)c2)C1. The molecule has 2 heterocycles. The molecule has 1 saturated heterocycles. The number of pyridine rings is 1. The highest BCUT2D eigenvalue weighted by atomic mass is 19.1. The fraction of sp³-hybridized carbons (Fsp3) is 0.333. The quantitative estimate of drug-likeness (QED) is 0.906. The van der Waals surface area contributed by atoms with Crippen LogP contribution in [0.1, 0.15) is 23.2 Å². The van der Waals surface area contributed by atoms with Gasteiger partial charge in [0.1, 0.15) is 11.6 Å². The summed E-state index contributed by atoms with van der Waals surface area (Å²) in [7, 11) is 1.92. The topological polar surface area (TPSA) is 57.3 Å². The molecule has 0 saturated carbocycles. The predicted octanol–water partition coefficient (Wildman–Crippen LogP) is 2.79. The molecule has 1 amide bonds. The monoisotopic (exact) mass is 328 g/mol. The maximum absolute atomic E-state index is 13.4. The Balaban J connectivity index is 1.82. The number of nitrogens with one attached hydrogen (secondary N) is 2. The number of halogens is 1. The van der Waals surface area contributed by atoms with E-state index < -0.39 is 0 Å². The molecule has 1 aromatic carbocycles. The van der Waals surface area contributed by atoms with Crippen LogP contribution in [0.5, 0.6) is 0 Å². The van der Waals surface area contributed by atoms with Crippen LogP contribution in [0.15, 0.2) is 42.6 Å². The van der Waals surface area contributed by atoms with Gasteiger partial charge in [-0.2, -0.15) is 0 Å². The molecule has 2 aromatic rings. The molecule has 24 heavy (non-hydrogen) atoms. The first-order valence-corrected chi connectivity index (χ1v) is 8.11.